The lowest BCUT2D eigenvalue weighted by atomic mass is 9.62. The van der Waals surface area contributed by atoms with Crippen LogP contribution in [0.4, 0.5) is 0 Å². The van der Waals surface area contributed by atoms with E-state index < -0.39 is 0 Å². The number of hydrogen-bond donors (Lipinski definition) is 0. The van der Waals surface area contributed by atoms with Gasteiger partial charge in [0.1, 0.15) is 0 Å². The van der Waals surface area contributed by atoms with E-state index in [0.29, 0.717) is 118 Å². The van der Waals surface area contributed by atoms with Crippen LogP contribution in [0.1, 0.15) is 153 Å². The minimum absolute atomic E-state index is 0.143. The summed E-state index contributed by atoms with van der Waals surface area (Å²) in [6, 6.07) is 22.3. The molecule has 18 unspecified atom stereocenters. The summed E-state index contributed by atoms with van der Waals surface area (Å²) in [5.41, 5.74) is 5.66. The second-order valence-electron chi connectivity index (χ2n) is 28.3. The molecule has 0 N–H and O–H groups in total. The highest BCUT2D eigenvalue weighted by Gasteiger charge is 2.75. The van der Waals surface area contributed by atoms with Crippen molar-refractivity contribution >= 4 is 29.7 Å². The lowest BCUT2D eigenvalue weighted by Crippen LogP contribution is -2.85. The van der Waals surface area contributed by atoms with E-state index in [0.717, 1.165) is 0 Å². The minimum atomic E-state index is -0.371. The molecule has 18 atom stereocenters. The van der Waals surface area contributed by atoms with Gasteiger partial charge in [-0.15, -0.1) is 0 Å². The van der Waals surface area contributed by atoms with Crippen LogP contribution in [0.3, 0.4) is 0 Å². The molecule has 5 saturated carbocycles. The molecule has 10 fully saturated rings. The molecule has 13 rings (SSSR count). The Bertz CT molecular complexity index is 2180. The van der Waals surface area contributed by atoms with Gasteiger partial charge in [0.25, 0.3) is 0 Å². The zero-order valence-electron chi connectivity index (χ0n) is 42.3. The van der Waals surface area contributed by atoms with Gasteiger partial charge in [-0.3, -0.25) is 9.80 Å². The van der Waals surface area contributed by atoms with Gasteiger partial charge in [-0.05, 0) is 122 Å². The first-order valence-electron chi connectivity index (χ1n) is 27.0. The molecule has 0 spiro atoms. The monoisotopic (exact) mass is 902 g/mol. The Labute approximate surface area is 393 Å². The zero-order valence-corrected chi connectivity index (χ0v) is 43.1. The maximum Gasteiger partial charge on any atom is 0.0776 e. The molecule has 3 aromatic rings. The standard InChI is InChI=1S/C58H84N3O3P/c1-55(2,3)31-21-23-40-44(25-31)63-50-36(57(7,8)9)29-46-53-48(50)60(40)42-27-33(59-38-19-15-13-17-34(38)35-18-14-16-20-39(35)59)28-43-52(42)65(53)54-47(62-46)30-37(58(10,11)12)51-49(54)61(43)41-24-22-32(56(4,5)6)26-45(41)64-51/h13-20,31-33,36-37,40-54H,21-30H2,1-12H3. The molecule has 5 saturated heterocycles. The van der Waals surface area contributed by atoms with Crippen LogP contribution in [0, 0.1) is 45.3 Å². The summed E-state index contributed by atoms with van der Waals surface area (Å²) < 4.78 is 26.8. The highest BCUT2D eigenvalue weighted by molar-refractivity contribution is 7.60. The number of ether oxygens (including phenoxy) is 3. The zero-order chi connectivity index (χ0) is 45.0. The van der Waals surface area contributed by atoms with Crippen LogP contribution >= 0.6 is 7.92 Å². The van der Waals surface area contributed by atoms with Crippen LogP contribution in [0.5, 0.6) is 0 Å². The van der Waals surface area contributed by atoms with Gasteiger partial charge in [-0.1, -0.05) is 127 Å². The number of benzene rings is 2. The minimum Gasteiger partial charge on any atom is -0.374 e. The summed E-state index contributed by atoms with van der Waals surface area (Å²) in [6.07, 6.45) is 14.3. The van der Waals surface area contributed by atoms with E-state index in [1.807, 2.05) is 0 Å². The molecule has 5 aliphatic heterocycles. The maximum absolute atomic E-state index is 8.01. The quantitative estimate of drug-likeness (QED) is 0.228. The van der Waals surface area contributed by atoms with E-state index in [4.69, 9.17) is 14.2 Å². The van der Waals surface area contributed by atoms with Gasteiger partial charge >= 0.3 is 0 Å². The van der Waals surface area contributed by atoms with Crippen molar-refractivity contribution in [3.8, 4) is 0 Å². The summed E-state index contributed by atoms with van der Waals surface area (Å²) in [4.78, 5) is 6.70. The molecular formula is C58H84N3O3P. The van der Waals surface area contributed by atoms with E-state index >= 15 is 0 Å². The largest absolute Gasteiger partial charge is 0.374 e. The van der Waals surface area contributed by atoms with Gasteiger partial charge in [-0.2, -0.15) is 0 Å². The number of aromatic nitrogens is 1. The Kier molecular flexibility index (Phi) is 9.72. The van der Waals surface area contributed by atoms with Crippen molar-refractivity contribution in [1.82, 2.24) is 14.4 Å². The summed E-state index contributed by atoms with van der Waals surface area (Å²) >= 11 is 0. The van der Waals surface area contributed by atoms with Crippen LogP contribution in [-0.4, -0.2) is 104 Å². The summed E-state index contributed by atoms with van der Waals surface area (Å²) in [7, 11) is -0.371. The summed E-state index contributed by atoms with van der Waals surface area (Å²) in [6.45, 7) is 30.3. The fourth-order valence-electron chi connectivity index (χ4n) is 18.2. The third-order valence-electron chi connectivity index (χ3n) is 21.2. The van der Waals surface area contributed by atoms with Gasteiger partial charge in [0.2, 0.25) is 0 Å². The predicted molar refractivity (Wildman–Crippen MR) is 267 cm³/mol. The molecule has 65 heavy (non-hydrogen) atoms. The van der Waals surface area contributed by atoms with Crippen molar-refractivity contribution in [2.75, 3.05) is 0 Å². The second kappa shape index (κ2) is 14.5. The third kappa shape index (κ3) is 6.30. The van der Waals surface area contributed by atoms with Crippen LogP contribution in [0.2, 0.25) is 0 Å². The lowest BCUT2D eigenvalue weighted by Gasteiger charge is -2.78. The van der Waals surface area contributed by atoms with Crippen molar-refractivity contribution in [1.29, 1.82) is 0 Å². The van der Waals surface area contributed by atoms with E-state index in [2.05, 4.69) is 146 Å². The van der Waals surface area contributed by atoms with E-state index in [1.165, 1.54) is 86.0 Å². The van der Waals surface area contributed by atoms with Crippen molar-refractivity contribution in [2.45, 2.75) is 243 Å². The highest BCUT2D eigenvalue weighted by Crippen LogP contribution is 2.76. The number of fused-ring (bicyclic) bond motifs is 9. The molecule has 1 aromatic heterocycles. The van der Waals surface area contributed by atoms with Gasteiger partial charge in [0.15, 0.2) is 0 Å². The Morgan fingerprint density at radius 3 is 1.29 bits per heavy atom. The Balaban J connectivity index is 1.03. The molecule has 0 amide bonds. The number of rotatable bonds is 1. The first-order valence-corrected chi connectivity index (χ1v) is 28.6. The Morgan fingerprint density at radius 1 is 0.446 bits per heavy atom. The number of nitrogens with zero attached hydrogens (tertiary/aromatic N) is 3. The molecule has 0 radical (unpaired) electrons. The molecule has 2 aromatic carbocycles. The Hall–Kier alpha value is -1.53. The highest BCUT2D eigenvalue weighted by atomic mass is 31.1. The smallest absolute Gasteiger partial charge is 0.0776 e. The van der Waals surface area contributed by atoms with Crippen LogP contribution < -0.4 is 0 Å². The van der Waals surface area contributed by atoms with Gasteiger partial charge in [0.05, 0.1) is 36.6 Å². The average Bonchev–Trinajstić information content (AvgIpc) is 3.59. The third-order valence-corrected chi connectivity index (χ3v) is 25.2. The molecule has 10 aliphatic rings. The second-order valence-corrected chi connectivity index (χ2v) is 30.9. The fraction of sp³-hybridized carbons (Fsp3) is 0.793. The molecular weight excluding hydrogens is 818 g/mol. The number of morpholine rings is 2. The van der Waals surface area contributed by atoms with Crippen LogP contribution in [0.15, 0.2) is 48.5 Å². The SMILES string of the molecule is CC(C)(C)C1CCC2C(C1)OC1C3C4C(CC1C(C)(C)C)OC1CC(C(C)(C)C)C5OC6CC(C(C)(C)C)CCC6N6C7CC(n8c9ccccc9c9ccccc98)CC(C7P4C1C56)N23. The average molecular weight is 902 g/mol. The number of hydrogen-bond acceptors (Lipinski definition) is 5. The topological polar surface area (TPSA) is 39.1 Å². The van der Waals surface area contributed by atoms with Crippen molar-refractivity contribution < 1.29 is 14.2 Å². The summed E-state index contributed by atoms with van der Waals surface area (Å²) in [5, 5.41) is 2.86. The number of para-hydroxylation sites is 2. The van der Waals surface area contributed by atoms with E-state index in [9.17, 15) is 0 Å². The van der Waals surface area contributed by atoms with Gasteiger partial charge in [0, 0.05) is 81.1 Å². The molecule has 7 heteroatoms. The fourth-order valence-corrected chi connectivity index (χ4v) is 23.3. The van der Waals surface area contributed by atoms with Crippen molar-refractivity contribution in [2.24, 2.45) is 45.3 Å². The molecule has 5 aliphatic carbocycles. The van der Waals surface area contributed by atoms with E-state index in [-0.39, 0.29) is 31.0 Å². The molecule has 354 valence electrons. The molecule has 6 nitrogen and oxygen atoms in total. The van der Waals surface area contributed by atoms with Crippen LogP contribution in [-0.2, 0) is 14.2 Å². The Morgan fingerprint density at radius 2 is 0.877 bits per heavy atom. The van der Waals surface area contributed by atoms with Crippen LogP contribution in [0.25, 0.3) is 21.8 Å². The lowest BCUT2D eigenvalue weighted by molar-refractivity contribution is -0.274. The summed E-state index contributed by atoms with van der Waals surface area (Å²) in [5.74, 6) is 2.37. The molecule has 6 heterocycles. The predicted octanol–water partition coefficient (Wildman–Crippen LogP) is 12.7. The van der Waals surface area contributed by atoms with Gasteiger partial charge < -0.3 is 18.8 Å². The maximum atomic E-state index is 8.01. The van der Waals surface area contributed by atoms with Crippen molar-refractivity contribution in [3.05, 3.63) is 48.5 Å². The molecule has 0 bridgehead atoms. The normalized spacial score (nSPS) is 47.2. The van der Waals surface area contributed by atoms with Gasteiger partial charge in [-0.25, -0.2) is 0 Å². The first kappa shape index (κ1) is 43.5. The van der Waals surface area contributed by atoms with E-state index in [1.54, 1.807) is 0 Å². The first-order chi connectivity index (χ1) is 30.8. The van der Waals surface area contributed by atoms with Crippen molar-refractivity contribution in [3.63, 3.8) is 0 Å².